The summed E-state index contributed by atoms with van der Waals surface area (Å²) in [5.41, 5.74) is 2.50. The molecule has 5 rings (SSSR count). The quantitative estimate of drug-likeness (QED) is 0.206. The van der Waals surface area contributed by atoms with E-state index in [9.17, 15) is 8.42 Å². The van der Waals surface area contributed by atoms with Gasteiger partial charge in [0.25, 0.3) is 0 Å². The lowest BCUT2D eigenvalue weighted by Gasteiger charge is -2.34. The Morgan fingerprint density at radius 2 is 1.70 bits per heavy atom. The number of nitrogens with one attached hydrogen (secondary N) is 1. The van der Waals surface area contributed by atoms with Gasteiger partial charge in [-0.2, -0.15) is 8.42 Å². The van der Waals surface area contributed by atoms with Gasteiger partial charge in [0.2, 0.25) is 0 Å². The minimum absolute atomic E-state index is 0.00959. The molecule has 40 heavy (non-hydrogen) atoms. The van der Waals surface area contributed by atoms with Crippen LogP contribution in [0.25, 0.3) is 27.8 Å². The first-order valence-electron chi connectivity index (χ1n) is 13.1. The average molecular weight is 559 g/mol. The first-order chi connectivity index (χ1) is 18.9. The summed E-state index contributed by atoms with van der Waals surface area (Å²) in [6, 6.07) is 19.5. The standard InChI is InChI=1S/C31H34N4O4S/c1-30(2,3)20-31(4,5)34-29-28(33-26-14-7-8-18-35(26)29)22-15-16-23(24(19-22)38-6)39-40(36,37)25-13-9-11-21-12-10-17-32-27(21)25/h7-19,34H,20H2,1-6H3. The highest BCUT2D eigenvalue weighted by molar-refractivity contribution is 7.87. The van der Waals surface area contributed by atoms with Crippen LogP contribution in [0.4, 0.5) is 5.82 Å². The van der Waals surface area contributed by atoms with E-state index in [2.05, 4.69) is 44.9 Å². The van der Waals surface area contributed by atoms with E-state index in [0.717, 1.165) is 29.1 Å². The van der Waals surface area contributed by atoms with Crippen molar-refractivity contribution in [1.29, 1.82) is 0 Å². The number of ether oxygens (including phenoxy) is 1. The fraction of sp³-hybridized carbons (Fsp3) is 0.290. The van der Waals surface area contributed by atoms with Gasteiger partial charge in [-0.3, -0.25) is 9.38 Å². The molecule has 0 saturated heterocycles. The van der Waals surface area contributed by atoms with E-state index in [0.29, 0.717) is 10.9 Å². The molecule has 0 spiro atoms. The molecule has 0 aliphatic heterocycles. The summed E-state index contributed by atoms with van der Waals surface area (Å²) in [5, 5.41) is 4.42. The maximum atomic E-state index is 13.3. The first kappa shape index (κ1) is 27.5. The fourth-order valence-electron chi connectivity index (χ4n) is 5.33. The number of hydrogen-bond acceptors (Lipinski definition) is 7. The Balaban J connectivity index is 1.54. The van der Waals surface area contributed by atoms with Gasteiger partial charge >= 0.3 is 10.1 Å². The maximum Gasteiger partial charge on any atom is 0.341 e. The second kappa shape index (κ2) is 10.1. The molecule has 0 aliphatic carbocycles. The number of methoxy groups -OCH3 is 1. The Bertz CT molecular complexity index is 1800. The molecule has 0 fully saturated rings. The Labute approximate surface area is 235 Å². The van der Waals surface area contributed by atoms with Crippen LogP contribution in [0, 0.1) is 5.41 Å². The van der Waals surface area contributed by atoms with Gasteiger partial charge in [-0.05, 0) is 68.1 Å². The van der Waals surface area contributed by atoms with Crippen molar-refractivity contribution in [3.8, 4) is 22.8 Å². The van der Waals surface area contributed by atoms with E-state index < -0.39 is 10.1 Å². The van der Waals surface area contributed by atoms with Gasteiger partial charge in [-0.15, -0.1) is 0 Å². The Morgan fingerprint density at radius 1 is 0.925 bits per heavy atom. The van der Waals surface area contributed by atoms with Crippen molar-refractivity contribution in [2.45, 2.75) is 51.5 Å². The molecule has 9 heteroatoms. The predicted octanol–water partition coefficient (Wildman–Crippen LogP) is 6.95. The molecule has 208 valence electrons. The third-order valence-electron chi connectivity index (χ3n) is 6.46. The zero-order valence-corrected chi connectivity index (χ0v) is 24.4. The van der Waals surface area contributed by atoms with Crippen LogP contribution in [0.2, 0.25) is 0 Å². The number of fused-ring (bicyclic) bond motifs is 2. The molecule has 0 bridgehead atoms. The molecule has 8 nitrogen and oxygen atoms in total. The topological polar surface area (TPSA) is 94.8 Å². The number of imidazole rings is 1. The van der Waals surface area contributed by atoms with Gasteiger partial charge in [0.1, 0.15) is 22.1 Å². The number of anilines is 1. The number of pyridine rings is 2. The summed E-state index contributed by atoms with van der Waals surface area (Å²) < 4.78 is 39.9. The second-order valence-electron chi connectivity index (χ2n) is 11.7. The Morgan fingerprint density at radius 3 is 2.45 bits per heavy atom. The summed E-state index contributed by atoms with van der Waals surface area (Å²) in [6.45, 7) is 11.0. The number of aromatic nitrogens is 3. The number of nitrogens with zero attached hydrogens (tertiary/aromatic N) is 3. The molecule has 5 aromatic rings. The first-order valence-corrected chi connectivity index (χ1v) is 14.5. The van der Waals surface area contributed by atoms with E-state index in [4.69, 9.17) is 13.9 Å². The van der Waals surface area contributed by atoms with Crippen molar-refractivity contribution >= 4 is 32.5 Å². The van der Waals surface area contributed by atoms with Crippen molar-refractivity contribution in [2.75, 3.05) is 12.4 Å². The molecule has 3 heterocycles. The molecule has 1 N–H and O–H groups in total. The SMILES string of the molecule is COc1cc(-c2nc3ccccn3c2NC(C)(C)CC(C)(C)C)ccc1OS(=O)(=O)c1cccc2cccnc12. The summed E-state index contributed by atoms with van der Waals surface area (Å²) in [5.74, 6) is 1.19. The van der Waals surface area contributed by atoms with E-state index in [1.54, 1.807) is 48.7 Å². The van der Waals surface area contributed by atoms with Gasteiger partial charge in [-0.25, -0.2) is 4.98 Å². The lowest BCUT2D eigenvalue weighted by molar-refractivity contribution is 0.302. The van der Waals surface area contributed by atoms with E-state index >= 15 is 0 Å². The van der Waals surface area contributed by atoms with Crippen LogP contribution in [0.15, 0.2) is 84.0 Å². The number of para-hydroxylation sites is 1. The highest BCUT2D eigenvalue weighted by Crippen LogP contribution is 2.39. The highest BCUT2D eigenvalue weighted by atomic mass is 32.2. The minimum atomic E-state index is -4.19. The molecular formula is C31H34N4O4S. The van der Waals surface area contributed by atoms with Gasteiger partial charge in [0, 0.05) is 28.9 Å². The third-order valence-corrected chi connectivity index (χ3v) is 7.73. The van der Waals surface area contributed by atoms with E-state index in [1.165, 1.54) is 13.2 Å². The molecular weight excluding hydrogens is 524 g/mol. The molecule has 0 amide bonds. The summed E-state index contributed by atoms with van der Waals surface area (Å²) in [7, 11) is -2.72. The largest absolute Gasteiger partial charge is 0.493 e. The normalized spacial score (nSPS) is 12.6. The average Bonchev–Trinajstić information content (AvgIpc) is 3.24. The van der Waals surface area contributed by atoms with Crippen molar-refractivity contribution in [3.05, 3.63) is 79.1 Å². The second-order valence-corrected chi connectivity index (χ2v) is 13.2. The van der Waals surface area contributed by atoms with Crippen LogP contribution in [-0.4, -0.2) is 35.4 Å². The lowest BCUT2D eigenvalue weighted by atomic mass is 9.82. The molecule has 0 unspecified atom stereocenters. The van der Waals surface area contributed by atoms with Gasteiger partial charge < -0.3 is 14.2 Å². The monoisotopic (exact) mass is 558 g/mol. The van der Waals surface area contributed by atoms with E-state index in [-0.39, 0.29) is 27.3 Å². The number of benzene rings is 2. The van der Waals surface area contributed by atoms with Crippen molar-refractivity contribution in [1.82, 2.24) is 14.4 Å². The third kappa shape index (κ3) is 5.60. The summed E-state index contributed by atoms with van der Waals surface area (Å²) in [6.07, 6.45) is 4.46. The van der Waals surface area contributed by atoms with E-state index in [1.807, 2.05) is 28.8 Å². The predicted molar refractivity (Wildman–Crippen MR) is 159 cm³/mol. The van der Waals surface area contributed by atoms with Crippen molar-refractivity contribution in [3.63, 3.8) is 0 Å². The molecule has 3 aromatic heterocycles. The number of rotatable bonds is 8. The van der Waals surface area contributed by atoms with Gasteiger partial charge in [-0.1, -0.05) is 45.0 Å². The van der Waals surface area contributed by atoms with Crippen LogP contribution < -0.4 is 14.2 Å². The smallest absolute Gasteiger partial charge is 0.341 e. The zero-order valence-electron chi connectivity index (χ0n) is 23.6. The fourth-order valence-corrected chi connectivity index (χ4v) is 6.45. The molecule has 0 atom stereocenters. The maximum absolute atomic E-state index is 13.3. The highest BCUT2D eigenvalue weighted by Gasteiger charge is 2.29. The van der Waals surface area contributed by atoms with Gasteiger partial charge in [0.15, 0.2) is 11.5 Å². The van der Waals surface area contributed by atoms with Crippen LogP contribution >= 0.6 is 0 Å². The van der Waals surface area contributed by atoms with Crippen LogP contribution in [0.1, 0.15) is 41.0 Å². The Hall–Kier alpha value is -4.11. The molecule has 0 saturated carbocycles. The van der Waals surface area contributed by atoms with Crippen LogP contribution in [-0.2, 0) is 10.1 Å². The summed E-state index contributed by atoms with van der Waals surface area (Å²) in [4.78, 5) is 9.15. The minimum Gasteiger partial charge on any atom is -0.493 e. The van der Waals surface area contributed by atoms with Crippen molar-refractivity contribution in [2.24, 2.45) is 5.41 Å². The summed E-state index contributed by atoms with van der Waals surface area (Å²) >= 11 is 0. The zero-order chi connectivity index (χ0) is 28.7. The Kier molecular flexibility index (Phi) is 6.95. The molecule has 0 aliphatic rings. The lowest BCUT2D eigenvalue weighted by Crippen LogP contribution is -2.36. The van der Waals surface area contributed by atoms with Crippen LogP contribution in [0.5, 0.6) is 11.5 Å². The van der Waals surface area contributed by atoms with Crippen molar-refractivity contribution < 1.29 is 17.3 Å². The molecule has 0 radical (unpaired) electrons. The van der Waals surface area contributed by atoms with Crippen LogP contribution in [0.3, 0.4) is 0 Å². The molecule has 2 aromatic carbocycles. The number of hydrogen-bond donors (Lipinski definition) is 1. The van der Waals surface area contributed by atoms with Gasteiger partial charge in [0.05, 0.1) is 12.6 Å².